The number of hydrogen-bond acceptors (Lipinski definition) is 2. The Kier molecular flexibility index (Phi) is 19.8. The Morgan fingerprint density at radius 2 is 0.500 bits per heavy atom. The van der Waals surface area contributed by atoms with Gasteiger partial charge in [-0.2, -0.15) is 0 Å². The predicted molar refractivity (Wildman–Crippen MR) is 368 cm³/mol. The molecule has 0 fully saturated rings. The Morgan fingerprint density at radius 1 is 0.316 bits per heavy atom. The predicted octanol–water partition coefficient (Wildman–Crippen LogP) is 18.6. The lowest BCUT2D eigenvalue weighted by Crippen LogP contribution is -2.39. The van der Waals surface area contributed by atoms with E-state index in [1.165, 1.54) is 81.6 Å². The second-order valence-corrected chi connectivity index (χ2v) is 52.6. The fourth-order valence-electron chi connectivity index (χ4n) is 9.63. The van der Waals surface area contributed by atoms with E-state index >= 15 is 0 Å². The van der Waals surface area contributed by atoms with Crippen LogP contribution in [0.5, 0.6) is 0 Å². The molecule has 0 N–H and O–H groups in total. The highest BCUT2D eigenvalue weighted by Gasteiger charge is 2.40. The Morgan fingerprint density at radius 3 is 0.645 bits per heavy atom. The van der Waals surface area contributed by atoms with Crippen LogP contribution in [0.3, 0.4) is 0 Å². The fraction of sp³-hybridized carbons (Fsp3) is 0.441. The lowest BCUT2D eigenvalue weighted by molar-refractivity contribution is 0.553. The molecular formula is C68H96P4S2Si2. The van der Waals surface area contributed by atoms with Crippen molar-refractivity contribution >= 4 is 109 Å². The average molecular weight is 1160 g/mol. The first-order valence-electron chi connectivity index (χ1n) is 27.6. The normalized spacial score (nSPS) is 14.1. The van der Waals surface area contributed by atoms with Gasteiger partial charge in [0, 0.05) is 22.7 Å². The zero-order valence-corrected chi connectivity index (χ0v) is 58.7. The van der Waals surface area contributed by atoms with Crippen LogP contribution in [0.15, 0.2) is 146 Å². The summed E-state index contributed by atoms with van der Waals surface area (Å²) in [6.07, 6.45) is 0. The van der Waals surface area contributed by atoms with Crippen LogP contribution in [0.4, 0.5) is 0 Å². The molecule has 0 radical (unpaired) electrons. The monoisotopic (exact) mass is 1160 g/mol. The summed E-state index contributed by atoms with van der Waals surface area (Å²) in [7, 11) is -1.03. The molecule has 0 aliphatic heterocycles. The summed E-state index contributed by atoms with van der Waals surface area (Å²) >= 11 is 13.9. The summed E-state index contributed by atoms with van der Waals surface area (Å²) in [4.78, 5) is 0. The standard InChI is InChI=1S/2C34H48P2SSi/c2*1-32(2,3)25-23-28(33(4,5)6)30(29(24-25)34(7,8)9)35-31(38(10,11)12)36(37,26-19-15-13-16-20-26)27-21-17-14-18-22-27/h2*13-24H,1-12H3. The van der Waals surface area contributed by atoms with Crippen LogP contribution in [-0.2, 0) is 56.1 Å². The molecule has 408 valence electrons. The summed E-state index contributed by atoms with van der Waals surface area (Å²) < 4.78 is 3.19. The second kappa shape index (κ2) is 23.5. The minimum absolute atomic E-state index is 0.0240. The van der Waals surface area contributed by atoms with Crippen molar-refractivity contribution in [2.24, 2.45) is 0 Å². The lowest BCUT2D eigenvalue weighted by atomic mass is 9.75. The molecule has 0 aliphatic carbocycles. The average Bonchev–Trinajstić information content (AvgIpc) is 3.30. The molecule has 6 rings (SSSR count). The van der Waals surface area contributed by atoms with Crippen LogP contribution in [0.2, 0.25) is 39.3 Å². The van der Waals surface area contributed by atoms with Crippen LogP contribution in [0.1, 0.15) is 158 Å². The van der Waals surface area contributed by atoms with Gasteiger partial charge in [0.2, 0.25) is 0 Å². The molecule has 0 aliphatic rings. The molecular weight excluding hydrogens is 1060 g/mol. The third-order valence-corrected chi connectivity index (χ3v) is 42.4. The molecule has 6 aromatic rings. The Balaban J connectivity index is 0.000000281. The molecule has 0 aromatic heterocycles. The Hall–Kier alpha value is -2.61. The van der Waals surface area contributed by atoms with E-state index in [4.69, 9.17) is 23.6 Å². The molecule has 0 unspecified atom stereocenters. The first kappa shape index (κ1) is 64.2. The van der Waals surface area contributed by atoms with E-state index in [1.807, 2.05) is 0 Å². The highest BCUT2D eigenvalue weighted by molar-refractivity contribution is 8.35. The van der Waals surface area contributed by atoms with E-state index in [9.17, 15) is 0 Å². The second-order valence-electron chi connectivity index (χ2n) is 29.3. The molecule has 76 heavy (non-hydrogen) atoms. The SMILES string of the molecule is CC(C)(C)c1cc(C(C)(C)C)c(P=C([Si](C)(C)C)P(=S)(c2ccccc2)c2ccccc2)c(C(C)(C)C)c1.CC(C)(C)c1cc(C(C)(C)C)c(P=C([Si](C)(C)C)P(=S)(c2ccccc2)c2ccccc2)c(C(C)(C)C)c1. The third-order valence-electron chi connectivity index (χ3n) is 14.0. The molecule has 0 spiro atoms. The molecule has 6 aromatic carbocycles. The van der Waals surface area contributed by atoms with E-state index < -0.39 is 28.2 Å². The van der Waals surface area contributed by atoms with E-state index in [1.54, 1.807) is 9.32 Å². The van der Waals surface area contributed by atoms with Crippen LogP contribution >= 0.6 is 28.5 Å². The van der Waals surface area contributed by atoms with Gasteiger partial charge in [0.05, 0.1) is 16.1 Å². The maximum Gasteiger partial charge on any atom is 0.0859 e. The van der Waals surface area contributed by atoms with Crippen molar-refractivity contribution in [1.29, 1.82) is 0 Å². The maximum absolute atomic E-state index is 6.96. The molecule has 0 nitrogen and oxygen atoms in total. The van der Waals surface area contributed by atoms with E-state index in [2.05, 4.69) is 310 Å². The topological polar surface area (TPSA) is 0 Å². The van der Waals surface area contributed by atoms with E-state index in [0.29, 0.717) is 0 Å². The van der Waals surface area contributed by atoms with Gasteiger partial charge in [-0.3, -0.25) is 0 Å². The highest BCUT2D eigenvalue weighted by atomic mass is 32.4. The molecule has 0 bridgehead atoms. The largest absolute Gasteiger partial charge is 0.0859 e. The van der Waals surface area contributed by atoms with Crippen molar-refractivity contribution in [1.82, 2.24) is 0 Å². The van der Waals surface area contributed by atoms with Crippen LogP contribution in [0.25, 0.3) is 0 Å². The molecule has 0 saturated heterocycles. The van der Waals surface area contributed by atoms with Gasteiger partial charge in [0.25, 0.3) is 0 Å². The van der Waals surface area contributed by atoms with Gasteiger partial charge in [-0.05, 0) is 96.4 Å². The lowest BCUT2D eigenvalue weighted by Gasteiger charge is -2.36. The molecule has 0 amide bonds. The van der Waals surface area contributed by atoms with Gasteiger partial charge in [-0.15, -0.1) is 0 Å². The van der Waals surface area contributed by atoms with Crippen molar-refractivity contribution in [3.8, 4) is 0 Å². The van der Waals surface area contributed by atoms with Gasteiger partial charge in [-0.25, -0.2) is 0 Å². The van der Waals surface area contributed by atoms with Crippen LogP contribution in [-0.4, -0.2) is 25.5 Å². The minimum Gasteiger partial charge on any atom is -0.0830 e. The number of hydrogen-bond donors (Lipinski definition) is 0. The molecule has 0 heterocycles. The van der Waals surface area contributed by atoms with Crippen molar-refractivity contribution in [2.45, 2.75) is 196 Å². The number of rotatable bonds is 10. The van der Waals surface area contributed by atoms with Crippen molar-refractivity contribution in [3.05, 3.63) is 179 Å². The summed E-state index contributed by atoms with van der Waals surface area (Å²) in [5, 5.41) is 8.21. The quantitative estimate of drug-likeness (QED) is 0.0990. The summed E-state index contributed by atoms with van der Waals surface area (Å²) in [6, 6.07) is 49.6. The third kappa shape index (κ3) is 15.0. The summed E-state index contributed by atoms with van der Waals surface area (Å²) in [6.45, 7) is 57.5. The first-order chi connectivity index (χ1) is 34.5. The molecule has 8 heteroatoms. The maximum atomic E-state index is 6.96. The number of benzene rings is 6. The van der Waals surface area contributed by atoms with Gasteiger partial charge < -0.3 is 0 Å². The van der Waals surface area contributed by atoms with Gasteiger partial charge in [0.1, 0.15) is 0 Å². The van der Waals surface area contributed by atoms with E-state index in [-0.39, 0.29) is 32.5 Å². The zero-order valence-electron chi connectivity index (χ0n) is 51.5. The van der Waals surface area contributed by atoms with Gasteiger partial charge >= 0.3 is 0 Å². The van der Waals surface area contributed by atoms with Gasteiger partial charge in [0.15, 0.2) is 0 Å². The Labute approximate surface area is 481 Å². The van der Waals surface area contributed by atoms with Gasteiger partial charge in [-0.1, -0.05) is 350 Å². The fourth-order valence-corrected chi connectivity index (χ4v) is 38.8. The van der Waals surface area contributed by atoms with Crippen molar-refractivity contribution < 1.29 is 0 Å². The highest BCUT2D eigenvalue weighted by Crippen LogP contribution is 2.53. The Bertz CT molecular complexity index is 2750. The molecule has 0 atom stereocenters. The first-order valence-corrected chi connectivity index (χ1v) is 41.9. The van der Waals surface area contributed by atoms with Crippen LogP contribution in [0, 0.1) is 0 Å². The van der Waals surface area contributed by atoms with Crippen LogP contribution < -0.4 is 31.8 Å². The smallest absolute Gasteiger partial charge is 0.0830 e. The summed E-state index contributed by atoms with van der Waals surface area (Å²) in [5.74, 6) is 0. The van der Waals surface area contributed by atoms with Crippen molar-refractivity contribution in [3.63, 3.8) is 0 Å². The van der Waals surface area contributed by atoms with Crippen molar-refractivity contribution in [2.75, 3.05) is 0 Å². The zero-order chi connectivity index (χ0) is 57.5. The van der Waals surface area contributed by atoms with E-state index in [0.717, 1.165) is 0 Å². The summed E-state index contributed by atoms with van der Waals surface area (Å²) in [5.41, 5.74) is 8.99. The molecule has 0 saturated carbocycles. The minimum atomic E-state index is -2.21.